The summed E-state index contributed by atoms with van der Waals surface area (Å²) < 4.78 is 12.7. The molecular weight excluding hydrogens is 606 g/mol. The maximum Gasteiger partial charge on any atom is 0.269 e. The number of hydrogen-bond acceptors (Lipinski definition) is 6. The Labute approximate surface area is 259 Å². The van der Waals surface area contributed by atoms with Gasteiger partial charge in [0.05, 0.1) is 27.7 Å². The minimum Gasteiger partial charge on any atom is -0.490 e. The largest absolute Gasteiger partial charge is 0.490 e. The molecule has 7 nitrogen and oxygen atoms in total. The van der Waals surface area contributed by atoms with E-state index in [1.54, 1.807) is 12.1 Å². The van der Waals surface area contributed by atoms with Gasteiger partial charge in [-0.1, -0.05) is 42.0 Å². The summed E-state index contributed by atoms with van der Waals surface area (Å²) >= 11 is 3.62. The first-order valence-electron chi connectivity index (χ1n) is 14.4. The van der Waals surface area contributed by atoms with Gasteiger partial charge in [0.15, 0.2) is 11.5 Å². The fraction of sp³-hybridized carbons (Fsp3) is 0.229. The summed E-state index contributed by atoms with van der Waals surface area (Å²) in [5.41, 5.74) is 7.77. The van der Waals surface area contributed by atoms with Crippen molar-refractivity contribution in [1.82, 2.24) is 0 Å². The number of nitro groups is 1. The molecule has 3 atom stereocenters. The first kappa shape index (κ1) is 28.7. The molecule has 218 valence electrons. The monoisotopic (exact) mass is 637 g/mol. The molecule has 0 saturated heterocycles. The molecule has 0 fully saturated rings. The molecule has 4 aromatic rings. The number of benzene rings is 4. The van der Waals surface area contributed by atoms with Crippen LogP contribution in [0.5, 0.6) is 11.5 Å². The highest BCUT2D eigenvalue weighted by atomic mass is 79.9. The number of nitro benzene ring substituents is 1. The molecule has 0 unspecified atom stereocenters. The number of halogens is 1. The van der Waals surface area contributed by atoms with Crippen LogP contribution < -0.4 is 14.8 Å². The topological polar surface area (TPSA) is 86.0 Å². The van der Waals surface area contributed by atoms with Crippen LogP contribution in [-0.4, -0.2) is 17.7 Å². The highest BCUT2D eigenvalue weighted by molar-refractivity contribution is 9.10. The summed E-state index contributed by atoms with van der Waals surface area (Å²) in [6.45, 7) is 4.79. The minimum atomic E-state index is -0.418. The van der Waals surface area contributed by atoms with Gasteiger partial charge in [0.1, 0.15) is 6.61 Å². The van der Waals surface area contributed by atoms with Gasteiger partial charge in [-0.05, 0) is 107 Å². The molecule has 0 saturated carbocycles. The van der Waals surface area contributed by atoms with Gasteiger partial charge in [-0.2, -0.15) is 0 Å². The molecule has 0 amide bonds. The summed E-state index contributed by atoms with van der Waals surface area (Å²) in [6.07, 6.45) is 7.58. The normalized spacial score (nSPS) is 18.6. The van der Waals surface area contributed by atoms with Crippen molar-refractivity contribution in [3.8, 4) is 11.5 Å². The second-order valence-electron chi connectivity index (χ2n) is 10.9. The molecule has 0 bridgehead atoms. The molecule has 1 N–H and O–H groups in total. The number of nitrogens with one attached hydrogen (secondary N) is 1. The van der Waals surface area contributed by atoms with Gasteiger partial charge in [-0.15, -0.1) is 0 Å². The number of fused-ring (bicyclic) bond motifs is 3. The average Bonchev–Trinajstić information content (AvgIpc) is 3.51. The summed E-state index contributed by atoms with van der Waals surface area (Å²) in [7, 11) is 0. The Bertz CT molecular complexity index is 1700. The van der Waals surface area contributed by atoms with Crippen LogP contribution in [0.3, 0.4) is 0 Å². The molecule has 1 heterocycles. The van der Waals surface area contributed by atoms with Gasteiger partial charge < -0.3 is 14.8 Å². The van der Waals surface area contributed by atoms with E-state index in [9.17, 15) is 10.1 Å². The summed E-state index contributed by atoms with van der Waals surface area (Å²) in [5.74, 6) is 2.10. The molecule has 1 aliphatic heterocycles. The van der Waals surface area contributed by atoms with Crippen LogP contribution in [0.25, 0.3) is 0 Å². The lowest BCUT2D eigenvalue weighted by atomic mass is 9.76. The van der Waals surface area contributed by atoms with Crippen LogP contribution in [0.4, 0.5) is 17.1 Å². The number of aliphatic imine (C=N–C) groups is 1. The van der Waals surface area contributed by atoms with Gasteiger partial charge >= 0.3 is 0 Å². The number of allylic oxidation sites excluding steroid dienone is 2. The number of rotatable bonds is 9. The van der Waals surface area contributed by atoms with Crippen LogP contribution in [0.15, 0.2) is 100 Å². The smallest absolute Gasteiger partial charge is 0.269 e. The van der Waals surface area contributed by atoms with E-state index in [1.165, 1.54) is 34.5 Å². The number of anilines is 1. The number of hydrogen-bond donors (Lipinski definition) is 1. The second-order valence-corrected chi connectivity index (χ2v) is 11.7. The van der Waals surface area contributed by atoms with E-state index < -0.39 is 4.92 Å². The predicted octanol–water partition coefficient (Wildman–Crippen LogP) is 9.22. The predicted molar refractivity (Wildman–Crippen MR) is 174 cm³/mol. The highest BCUT2D eigenvalue weighted by Gasteiger charge is 2.37. The van der Waals surface area contributed by atoms with Crippen molar-refractivity contribution in [2.24, 2.45) is 10.9 Å². The van der Waals surface area contributed by atoms with Gasteiger partial charge in [0, 0.05) is 30.0 Å². The van der Waals surface area contributed by atoms with E-state index in [2.05, 4.69) is 82.8 Å². The van der Waals surface area contributed by atoms with E-state index >= 15 is 0 Å². The average molecular weight is 639 g/mol. The molecule has 8 heteroatoms. The Morgan fingerprint density at radius 3 is 2.58 bits per heavy atom. The maximum absolute atomic E-state index is 10.9. The first-order valence-corrected chi connectivity index (χ1v) is 15.2. The van der Waals surface area contributed by atoms with Crippen LogP contribution in [0.2, 0.25) is 0 Å². The Morgan fingerprint density at radius 1 is 1.05 bits per heavy atom. The third-order valence-electron chi connectivity index (χ3n) is 8.00. The third-order valence-corrected chi connectivity index (χ3v) is 8.58. The first-order chi connectivity index (χ1) is 20.9. The van der Waals surface area contributed by atoms with Crippen molar-refractivity contribution in [1.29, 1.82) is 0 Å². The molecule has 6 rings (SSSR count). The third kappa shape index (κ3) is 6.20. The summed E-state index contributed by atoms with van der Waals surface area (Å²) in [6, 6.07) is 25.6. The fourth-order valence-corrected chi connectivity index (χ4v) is 6.47. The lowest BCUT2D eigenvalue weighted by Crippen LogP contribution is -2.29. The van der Waals surface area contributed by atoms with Crippen molar-refractivity contribution >= 4 is 39.2 Å². The van der Waals surface area contributed by atoms with Gasteiger partial charge in [-0.25, -0.2) is 0 Å². The van der Waals surface area contributed by atoms with Crippen molar-refractivity contribution in [3.63, 3.8) is 0 Å². The van der Waals surface area contributed by atoms with Crippen molar-refractivity contribution < 1.29 is 14.4 Å². The minimum absolute atomic E-state index is 0.0458. The van der Waals surface area contributed by atoms with Crippen molar-refractivity contribution in [2.75, 3.05) is 11.9 Å². The molecule has 4 aromatic carbocycles. The molecule has 2 aliphatic rings. The quantitative estimate of drug-likeness (QED) is 0.0855. The Balaban J connectivity index is 1.16. The van der Waals surface area contributed by atoms with E-state index in [-0.39, 0.29) is 18.3 Å². The Hall–Kier alpha value is -4.43. The zero-order chi connectivity index (χ0) is 29.9. The standard InChI is InChI=1S/C35H32BrN3O4/c1-3-42-33-19-24(18-31(36)35(33)43-21-23-8-14-27(15-9-23)39(40)41)20-37-26-12-10-25(11-13-26)34-29-6-4-5-28(29)30-17-22(2)7-16-32(30)38-34/h4-5,7-20,28-29,34,38H,3,6,21H2,1-2H3/t28-,29+,34-/m0/s1. The lowest BCUT2D eigenvalue weighted by molar-refractivity contribution is -0.384. The molecule has 0 radical (unpaired) electrons. The number of nitrogens with zero attached hydrogens (tertiary/aromatic N) is 2. The zero-order valence-corrected chi connectivity index (χ0v) is 25.6. The molecule has 1 aliphatic carbocycles. The Morgan fingerprint density at radius 2 is 1.84 bits per heavy atom. The lowest BCUT2D eigenvalue weighted by Gasteiger charge is -2.37. The van der Waals surface area contributed by atoms with E-state index in [4.69, 9.17) is 14.5 Å². The number of ether oxygens (including phenoxy) is 2. The van der Waals surface area contributed by atoms with Gasteiger partial charge in [-0.3, -0.25) is 15.1 Å². The second kappa shape index (κ2) is 12.4. The van der Waals surface area contributed by atoms with Gasteiger partial charge in [0.2, 0.25) is 0 Å². The van der Waals surface area contributed by atoms with Gasteiger partial charge in [0.25, 0.3) is 5.69 Å². The molecular formula is C35H32BrN3O4. The van der Waals surface area contributed by atoms with E-state index in [1.807, 2.05) is 25.3 Å². The summed E-state index contributed by atoms with van der Waals surface area (Å²) in [5, 5.41) is 14.7. The molecule has 0 spiro atoms. The summed E-state index contributed by atoms with van der Waals surface area (Å²) in [4.78, 5) is 15.2. The SMILES string of the molecule is CCOc1cc(C=Nc2ccc([C@@H]3Nc4ccc(C)cc4[C@H]4C=CC[C@H]43)cc2)cc(Br)c1OCc1ccc([N+](=O)[O-])cc1. The Kier molecular flexibility index (Phi) is 8.29. The highest BCUT2D eigenvalue weighted by Crippen LogP contribution is 2.50. The molecule has 43 heavy (non-hydrogen) atoms. The van der Waals surface area contributed by atoms with Crippen LogP contribution in [-0.2, 0) is 6.61 Å². The maximum atomic E-state index is 10.9. The fourth-order valence-electron chi connectivity index (χ4n) is 5.90. The van der Waals surface area contributed by atoms with E-state index in [0.717, 1.165) is 27.7 Å². The molecule has 0 aromatic heterocycles. The van der Waals surface area contributed by atoms with Crippen LogP contribution >= 0.6 is 15.9 Å². The van der Waals surface area contributed by atoms with Crippen LogP contribution in [0.1, 0.15) is 53.1 Å². The van der Waals surface area contributed by atoms with Crippen LogP contribution in [0, 0.1) is 23.0 Å². The van der Waals surface area contributed by atoms with Crippen molar-refractivity contribution in [2.45, 2.75) is 38.8 Å². The number of aryl methyl sites for hydroxylation is 1. The zero-order valence-electron chi connectivity index (χ0n) is 24.0. The van der Waals surface area contributed by atoms with Crippen molar-refractivity contribution in [3.05, 3.63) is 133 Å². The number of non-ortho nitro benzene ring substituents is 1. The van der Waals surface area contributed by atoms with E-state index in [0.29, 0.717) is 29.9 Å².